The summed E-state index contributed by atoms with van der Waals surface area (Å²) >= 11 is 0. The van der Waals surface area contributed by atoms with Crippen molar-refractivity contribution in [2.75, 3.05) is 25.1 Å². The average molecular weight is 350 g/mol. The molecule has 0 heterocycles. The van der Waals surface area contributed by atoms with E-state index >= 15 is 0 Å². The minimum atomic E-state index is -0.556. The number of hydrogen-bond donors (Lipinski definition) is 2. The highest BCUT2D eigenvalue weighted by molar-refractivity contribution is 5.99. The van der Waals surface area contributed by atoms with Crippen LogP contribution in [0.1, 0.15) is 60.2 Å². The van der Waals surface area contributed by atoms with Crippen molar-refractivity contribution in [3.05, 3.63) is 29.3 Å². The van der Waals surface area contributed by atoms with Gasteiger partial charge in [0.1, 0.15) is 0 Å². The van der Waals surface area contributed by atoms with Gasteiger partial charge in [0.05, 0.1) is 30.9 Å². The van der Waals surface area contributed by atoms with Gasteiger partial charge in [0.15, 0.2) is 0 Å². The number of nitrogens with two attached hydrogens (primary N) is 1. The van der Waals surface area contributed by atoms with Crippen molar-refractivity contribution in [3.8, 4) is 0 Å². The Morgan fingerprint density at radius 2 is 1.40 bits per heavy atom. The number of anilines is 1. The molecule has 0 aromatic heterocycles. The van der Waals surface area contributed by atoms with E-state index in [2.05, 4.69) is 5.32 Å². The largest absolute Gasteiger partial charge is 0.462 e. The highest BCUT2D eigenvalue weighted by Gasteiger charge is 2.16. The van der Waals surface area contributed by atoms with Crippen molar-refractivity contribution in [1.29, 1.82) is 0 Å². The van der Waals surface area contributed by atoms with Crippen molar-refractivity contribution in [2.24, 2.45) is 5.73 Å². The van der Waals surface area contributed by atoms with Crippen LogP contribution >= 0.6 is 0 Å². The molecule has 0 aliphatic carbocycles. The quantitative estimate of drug-likeness (QED) is 0.496. The summed E-state index contributed by atoms with van der Waals surface area (Å²) in [4.78, 5) is 35.8. The third-order valence-corrected chi connectivity index (χ3v) is 3.34. The lowest BCUT2D eigenvalue weighted by molar-refractivity contribution is -0.114. The van der Waals surface area contributed by atoms with Gasteiger partial charge in [-0.2, -0.15) is 0 Å². The Morgan fingerprint density at radius 3 is 1.80 bits per heavy atom. The van der Waals surface area contributed by atoms with Crippen LogP contribution in [-0.4, -0.2) is 37.6 Å². The van der Waals surface area contributed by atoms with E-state index in [0.717, 1.165) is 25.7 Å². The molecule has 0 saturated carbocycles. The number of carbonyl (C=O) groups excluding carboxylic acids is 3. The Kier molecular flexibility index (Phi) is 9.24. The first kappa shape index (κ1) is 20.6. The minimum absolute atomic E-state index is 0.174. The molecule has 1 amide bonds. The van der Waals surface area contributed by atoms with Crippen molar-refractivity contribution in [1.82, 2.24) is 0 Å². The molecule has 0 aliphatic rings. The molecule has 0 aliphatic heterocycles. The lowest BCUT2D eigenvalue weighted by atomic mass is 10.1. The summed E-state index contributed by atoms with van der Waals surface area (Å²) in [7, 11) is 0. The fourth-order valence-electron chi connectivity index (χ4n) is 1.93. The van der Waals surface area contributed by atoms with Gasteiger partial charge in [-0.05, 0) is 31.0 Å². The standard InChI is InChI=1S/C18H26N2O5/c1-3-5-7-24-17(22)13-9-14(18(23)25-8-6-4-2)11-15(10-13)20-16(21)12-19/h9-11H,3-8,12,19H2,1-2H3,(H,20,21). The maximum atomic E-state index is 12.2. The molecule has 25 heavy (non-hydrogen) atoms. The molecule has 0 saturated heterocycles. The fourth-order valence-corrected chi connectivity index (χ4v) is 1.93. The molecule has 1 aromatic rings. The number of rotatable bonds is 10. The number of hydrogen-bond acceptors (Lipinski definition) is 6. The third-order valence-electron chi connectivity index (χ3n) is 3.34. The number of nitrogens with one attached hydrogen (secondary N) is 1. The third kappa shape index (κ3) is 7.34. The van der Waals surface area contributed by atoms with Crippen LogP contribution in [0.5, 0.6) is 0 Å². The predicted molar refractivity (Wildman–Crippen MR) is 94.5 cm³/mol. The van der Waals surface area contributed by atoms with Gasteiger partial charge in [0.2, 0.25) is 5.91 Å². The number of ether oxygens (including phenoxy) is 2. The van der Waals surface area contributed by atoms with E-state index in [4.69, 9.17) is 15.2 Å². The topological polar surface area (TPSA) is 108 Å². The second-order valence-corrected chi connectivity index (χ2v) is 5.53. The van der Waals surface area contributed by atoms with Crippen molar-refractivity contribution >= 4 is 23.5 Å². The summed E-state index contributed by atoms with van der Waals surface area (Å²) in [5, 5.41) is 2.54. The molecule has 0 unspecified atom stereocenters. The Balaban J connectivity index is 2.99. The lowest BCUT2D eigenvalue weighted by Crippen LogP contribution is -2.22. The van der Waals surface area contributed by atoms with Crippen LogP contribution in [-0.2, 0) is 14.3 Å². The Hall–Kier alpha value is -2.41. The Labute approximate surface area is 147 Å². The second kappa shape index (κ2) is 11.2. The monoisotopic (exact) mass is 350 g/mol. The van der Waals surface area contributed by atoms with E-state index in [-0.39, 0.29) is 17.7 Å². The van der Waals surface area contributed by atoms with Crippen LogP contribution in [0.2, 0.25) is 0 Å². The molecular formula is C18H26N2O5. The van der Waals surface area contributed by atoms with Crippen molar-refractivity contribution < 1.29 is 23.9 Å². The number of benzene rings is 1. The van der Waals surface area contributed by atoms with E-state index in [0.29, 0.717) is 18.9 Å². The minimum Gasteiger partial charge on any atom is -0.462 e. The summed E-state index contributed by atoms with van der Waals surface area (Å²) in [6.07, 6.45) is 3.30. The molecular weight excluding hydrogens is 324 g/mol. The number of unbranched alkanes of at least 4 members (excludes halogenated alkanes) is 2. The van der Waals surface area contributed by atoms with E-state index < -0.39 is 17.8 Å². The molecule has 0 bridgehead atoms. The molecule has 7 heteroatoms. The van der Waals surface area contributed by atoms with Gasteiger partial charge >= 0.3 is 11.9 Å². The van der Waals surface area contributed by atoms with Crippen LogP contribution in [0, 0.1) is 0 Å². The Morgan fingerprint density at radius 1 is 0.920 bits per heavy atom. The predicted octanol–water partition coefficient (Wildman–Crippen LogP) is 2.50. The molecule has 0 spiro atoms. The zero-order chi connectivity index (χ0) is 18.7. The lowest BCUT2D eigenvalue weighted by Gasteiger charge is -2.11. The van der Waals surface area contributed by atoms with Crippen molar-refractivity contribution in [2.45, 2.75) is 39.5 Å². The van der Waals surface area contributed by atoms with E-state index in [1.165, 1.54) is 18.2 Å². The molecule has 138 valence electrons. The SMILES string of the molecule is CCCCOC(=O)c1cc(NC(=O)CN)cc(C(=O)OCCCC)c1. The Bertz CT molecular complexity index is 561. The molecule has 3 N–H and O–H groups in total. The highest BCUT2D eigenvalue weighted by Crippen LogP contribution is 2.17. The van der Waals surface area contributed by atoms with Crippen LogP contribution in [0.4, 0.5) is 5.69 Å². The summed E-state index contributed by atoms with van der Waals surface area (Å²) in [6, 6.07) is 4.30. The smallest absolute Gasteiger partial charge is 0.338 e. The van der Waals surface area contributed by atoms with Gasteiger partial charge in [-0.3, -0.25) is 4.79 Å². The first-order chi connectivity index (χ1) is 12.0. The van der Waals surface area contributed by atoms with Gasteiger partial charge < -0.3 is 20.5 Å². The average Bonchev–Trinajstić information content (AvgIpc) is 2.61. The maximum Gasteiger partial charge on any atom is 0.338 e. The summed E-state index contributed by atoms with van der Waals surface area (Å²) < 4.78 is 10.3. The van der Waals surface area contributed by atoms with Crippen LogP contribution in [0.15, 0.2) is 18.2 Å². The van der Waals surface area contributed by atoms with Gasteiger partial charge in [-0.25, -0.2) is 9.59 Å². The first-order valence-corrected chi connectivity index (χ1v) is 8.51. The summed E-state index contributed by atoms with van der Waals surface area (Å²) in [5.41, 5.74) is 5.93. The van der Waals surface area contributed by atoms with Gasteiger partial charge in [-0.1, -0.05) is 26.7 Å². The zero-order valence-electron chi connectivity index (χ0n) is 14.8. The second-order valence-electron chi connectivity index (χ2n) is 5.53. The molecule has 0 atom stereocenters. The number of carbonyl (C=O) groups is 3. The summed E-state index contributed by atoms with van der Waals surface area (Å²) in [6.45, 7) is 4.36. The molecule has 1 aromatic carbocycles. The first-order valence-electron chi connectivity index (χ1n) is 8.51. The van der Waals surface area contributed by atoms with E-state index in [9.17, 15) is 14.4 Å². The van der Waals surface area contributed by atoms with Crippen LogP contribution in [0.3, 0.4) is 0 Å². The molecule has 7 nitrogen and oxygen atoms in total. The highest BCUT2D eigenvalue weighted by atomic mass is 16.5. The number of esters is 2. The van der Waals surface area contributed by atoms with E-state index in [1.807, 2.05) is 13.8 Å². The van der Waals surface area contributed by atoms with Gasteiger partial charge in [0.25, 0.3) is 0 Å². The molecule has 1 rings (SSSR count). The van der Waals surface area contributed by atoms with Gasteiger partial charge in [0, 0.05) is 5.69 Å². The van der Waals surface area contributed by atoms with Gasteiger partial charge in [-0.15, -0.1) is 0 Å². The van der Waals surface area contributed by atoms with E-state index in [1.54, 1.807) is 0 Å². The fraction of sp³-hybridized carbons (Fsp3) is 0.500. The zero-order valence-corrected chi connectivity index (χ0v) is 14.8. The molecule has 0 fully saturated rings. The van der Waals surface area contributed by atoms with Crippen LogP contribution < -0.4 is 11.1 Å². The maximum absolute atomic E-state index is 12.2. The summed E-state index contributed by atoms with van der Waals surface area (Å²) in [5.74, 6) is -1.54. The molecule has 0 radical (unpaired) electrons. The number of amides is 1. The van der Waals surface area contributed by atoms with Crippen molar-refractivity contribution in [3.63, 3.8) is 0 Å². The van der Waals surface area contributed by atoms with Crippen LogP contribution in [0.25, 0.3) is 0 Å². The normalized spacial score (nSPS) is 10.2.